The molecule has 1 amide bonds. The maximum absolute atomic E-state index is 12.2. The summed E-state index contributed by atoms with van der Waals surface area (Å²) in [5, 5.41) is 3.10. The lowest BCUT2D eigenvalue weighted by Gasteiger charge is -2.29. The molecule has 2 unspecified atom stereocenters. The normalized spacial score (nSPS) is 19.4. The molecule has 0 radical (unpaired) electrons. The molecule has 20 heavy (non-hydrogen) atoms. The first-order valence-electron chi connectivity index (χ1n) is 7.70. The lowest BCUT2D eigenvalue weighted by Crippen LogP contribution is -2.43. The second kappa shape index (κ2) is 6.89. The Bertz CT molecular complexity index is 435. The van der Waals surface area contributed by atoms with Crippen molar-refractivity contribution >= 4 is 5.91 Å². The fourth-order valence-electron chi connectivity index (χ4n) is 2.99. The molecule has 3 N–H and O–H groups in total. The van der Waals surface area contributed by atoms with Gasteiger partial charge in [-0.2, -0.15) is 0 Å². The number of amides is 1. The molecular weight excluding hydrogens is 248 g/mol. The minimum absolute atomic E-state index is 0.0630. The predicted octanol–water partition coefficient (Wildman–Crippen LogP) is 3.08. The van der Waals surface area contributed by atoms with Crippen LogP contribution in [0.5, 0.6) is 0 Å². The Kier molecular flexibility index (Phi) is 5.18. The number of nitrogens with two attached hydrogens (primary N) is 1. The minimum atomic E-state index is -0.568. The summed E-state index contributed by atoms with van der Waals surface area (Å²) >= 11 is 0. The van der Waals surface area contributed by atoms with Gasteiger partial charge in [0.25, 0.3) is 0 Å². The quantitative estimate of drug-likeness (QED) is 0.886. The van der Waals surface area contributed by atoms with E-state index < -0.39 is 6.04 Å². The van der Waals surface area contributed by atoms with Gasteiger partial charge in [-0.1, -0.05) is 49.1 Å². The third-order valence-electron chi connectivity index (χ3n) is 4.45. The van der Waals surface area contributed by atoms with Gasteiger partial charge >= 0.3 is 0 Å². The summed E-state index contributed by atoms with van der Waals surface area (Å²) in [6.07, 6.45) is 6.35. The van der Waals surface area contributed by atoms with Crippen LogP contribution in [0.2, 0.25) is 0 Å². The van der Waals surface area contributed by atoms with Crippen molar-refractivity contribution < 1.29 is 4.79 Å². The second-order valence-electron chi connectivity index (χ2n) is 6.08. The van der Waals surface area contributed by atoms with E-state index in [0.29, 0.717) is 5.92 Å². The fraction of sp³-hybridized carbons (Fsp3) is 0.588. The van der Waals surface area contributed by atoms with E-state index in [1.54, 1.807) is 0 Å². The van der Waals surface area contributed by atoms with E-state index in [0.717, 1.165) is 5.56 Å². The van der Waals surface area contributed by atoms with E-state index in [4.69, 9.17) is 5.73 Å². The molecule has 2 rings (SSSR count). The molecule has 1 saturated carbocycles. The zero-order chi connectivity index (χ0) is 14.5. The first-order valence-corrected chi connectivity index (χ1v) is 7.70. The van der Waals surface area contributed by atoms with Crippen LogP contribution in [0.3, 0.4) is 0 Å². The van der Waals surface area contributed by atoms with Gasteiger partial charge in [0.1, 0.15) is 6.04 Å². The van der Waals surface area contributed by atoms with Crippen molar-refractivity contribution in [3.8, 4) is 0 Å². The third kappa shape index (κ3) is 3.83. The van der Waals surface area contributed by atoms with E-state index in [2.05, 4.69) is 12.2 Å². The van der Waals surface area contributed by atoms with Crippen molar-refractivity contribution in [2.75, 3.05) is 0 Å². The van der Waals surface area contributed by atoms with Crippen molar-refractivity contribution in [3.63, 3.8) is 0 Å². The van der Waals surface area contributed by atoms with Crippen LogP contribution in [0.25, 0.3) is 0 Å². The van der Waals surface area contributed by atoms with E-state index in [-0.39, 0.29) is 11.9 Å². The molecule has 1 aromatic carbocycles. The van der Waals surface area contributed by atoms with E-state index in [1.807, 2.05) is 31.2 Å². The first kappa shape index (κ1) is 15.0. The van der Waals surface area contributed by atoms with Crippen molar-refractivity contribution in [1.82, 2.24) is 5.32 Å². The van der Waals surface area contributed by atoms with Gasteiger partial charge in [0.15, 0.2) is 0 Å². The third-order valence-corrected chi connectivity index (χ3v) is 4.45. The highest BCUT2D eigenvalue weighted by molar-refractivity contribution is 5.83. The summed E-state index contributed by atoms with van der Waals surface area (Å²) < 4.78 is 0. The zero-order valence-corrected chi connectivity index (χ0v) is 12.6. The van der Waals surface area contributed by atoms with Crippen LogP contribution in [0.1, 0.15) is 56.2 Å². The first-order chi connectivity index (χ1) is 9.58. The number of nitrogens with one attached hydrogen (secondary N) is 1. The van der Waals surface area contributed by atoms with Gasteiger partial charge in [0, 0.05) is 6.04 Å². The van der Waals surface area contributed by atoms with Crippen molar-refractivity contribution in [2.24, 2.45) is 11.7 Å². The Morgan fingerprint density at radius 1 is 1.20 bits per heavy atom. The summed E-state index contributed by atoms with van der Waals surface area (Å²) in [4.78, 5) is 12.2. The van der Waals surface area contributed by atoms with Crippen LogP contribution in [-0.4, -0.2) is 11.9 Å². The Morgan fingerprint density at radius 2 is 1.80 bits per heavy atom. The van der Waals surface area contributed by atoms with Gasteiger partial charge in [0.2, 0.25) is 5.91 Å². The smallest absolute Gasteiger partial charge is 0.241 e. The molecule has 1 aromatic rings. The molecule has 1 aliphatic rings. The molecule has 0 bridgehead atoms. The monoisotopic (exact) mass is 274 g/mol. The molecule has 0 saturated heterocycles. The van der Waals surface area contributed by atoms with E-state index in [9.17, 15) is 4.79 Å². The highest BCUT2D eigenvalue weighted by Gasteiger charge is 2.24. The molecule has 1 fully saturated rings. The number of aryl methyl sites for hydroxylation is 1. The number of carbonyl (C=O) groups is 1. The van der Waals surface area contributed by atoms with Gasteiger partial charge in [-0.15, -0.1) is 0 Å². The minimum Gasteiger partial charge on any atom is -0.352 e. The van der Waals surface area contributed by atoms with Crippen molar-refractivity contribution in [1.29, 1.82) is 0 Å². The van der Waals surface area contributed by atoms with Crippen LogP contribution in [0, 0.1) is 12.8 Å². The fourth-order valence-corrected chi connectivity index (χ4v) is 2.99. The number of hydrogen-bond acceptors (Lipinski definition) is 2. The summed E-state index contributed by atoms with van der Waals surface area (Å²) in [6, 6.07) is 7.51. The Hall–Kier alpha value is -1.35. The van der Waals surface area contributed by atoms with Crippen LogP contribution >= 0.6 is 0 Å². The number of benzene rings is 1. The molecule has 0 heterocycles. The van der Waals surface area contributed by atoms with Crippen LogP contribution in [-0.2, 0) is 4.79 Å². The molecule has 2 atom stereocenters. The molecule has 110 valence electrons. The summed E-state index contributed by atoms with van der Waals surface area (Å²) in [6.45, 7) is 4.14. The van der Waals surface area contributed by atoms with Gasteiger partial charge in [-0.05, 0) is 38.2 Å². The predicted molar refractivity (Wildman–Crippen MR) is 82.3 cm³/mol. The number of carbonyl (C=O) groups excluding carboxylic acids is 1. The lowest BCUT2D eigenvalue weighted by atomic mass is 9.84. The van der Waals surface area contributed by atoms with E-state index in [1.165, 1.54) is 37.7 Å². The largest absolute Gasteiger partial charge is 0.352 e. The molecule has 3 nitrogen and oxygen atoms in total. The van der Waals surface area contributed by atoms with Crippen molar-refractivity contribution in [2.45, 2.75) is 58.0 Å². The average molecular weight is 274 g/mol. The maximum Gasteiger partial charge on any atom is 0.241 e. The summed E-state index contributed by atoms with van der Waals surface area (Å²) in [5.74, 6) is 0.546. The standard InChI is InChI=1S/C17H26N2O/c1-12-8-10-15(11-9-12)16(18)17(20)19-13(2)14-6-4-3-5-7-14/h8-11,13-14,16H,3-7,18H2,1-2H3,(H,19,20). The molecule has 0 aliphatic heterocycles. The van der Waals surface area contributed by atoms with Crippen LogP contribution in [0.4, 0.5) is 0 Å². The van der Waals surface area contributed by atoms with Gasteiger partial charge < -0.3 is 11.1 Å². The SMILES string of the molecule is Cc1ccc(C(N)C(=O)NC(C)C2CCCCC2)cc1. The zero-order valence-electron chi connectivity index (χ0n) is 12.6. The molecule has 0 spiro atoms. The van der Waals surface area contributed by atoms with Gasteiger partial charge in [-0.3, -0.25) is 4.79 Å². The Labute approximate surface area is 121 Å². The van der Waals surface area contributed by atoms with Crippen LogP contribution < -0.4 is 11.1 Å². The topological polar surface area (TPSA) is 55.1 Å². The van der Waals surface area contributed by atoms with Crippen LogP contribution in [0.15, 0.2) is 24.3 Å². The molecular formula is C17H26N2O. The Balaban J connectivity index is 1.91. The average Bonchev–Trinajstić information content (AvgIpc) is 2.48. The molecule has 3 heteroatoms. The summed E-state index contributed by atoms with van der Waals surface area (Å²) in [5.41, 5.74) is 8.11. The summed E-state index contributed by atoms with van der Waals surface area (Å²) in [7, 11) is 0. The molecule has 0 aromatic heterocycles. The van der Waals surface area contributed by atoms with Gasteiger partial charge in [-0.25, -0.2) is 0 Å². The number of hydrogen-bond donors (Lipinski definition) is 2. The lowest BCUT2D eigenvalue weighted by molar-refractivity contribution is -0.123. The van der Waals surface area contributed by atoms with E-state index >= 15 is 0 Å². The van der Waals surface area contributed by atoms with Crippen molar-refractivity contribution in [3.05, 3.63) is 35.4 Å². The Morgan fingerprint density at radius 3 is 2.40 bits per heavy atom. The maximum atomic E-state index is 12.2. The number of rotatable bonds is 4. The molecule has 1 aliphatic carbocycles. The highest BCUT2D eigenvalue weighted by atomic mass is 16.2. The highest BCUT2D eigenvalue weighted by Crippen LogP contribution is 2.26. The van der Waals surface area contributed by atoms with Gasteiger partial charge in [0.05, 0.1) is 0 Å². The second-order valence-corrected chi connectivity index (χ2v) is 6.08.